The van der Waals surface area contributed by atoms with Gasteiger partial charge in [0, 0.05) is 5.56 Å². The van der Waals surface area contributed by atoms with Gasteiger partial charge in [0.05, 0.1) is 6.61 Å². The van der Waals surface area contributed by atoms with Crippen LogP contribution in [-0.4, -0.2) is 6.61 Å². The lowest BCUT2D eigenvalue weighted by atomic mass is 10.0. The van der Waals surface area contributed by atoms with E-state index in [1.165, 1.54) is 36.8 Å². The fraction of sp³-hybridized carbons (Fsp3) is 0.500. The molecule has 0 spiro atoms. The maximum Gasteiger partial charge on any atom is 0.122 e. The van der Waals surface area contributed by atoms with Gasteiger partial charge in [0.1, 0.15) is 5.76 Å². The highest BCUT2D eigenvalue weighted by atomic mass is 16.5. The summed E-state index contributed by atoms with van der Waals surface area (Å²) in [7, 11) is 0. The molecule has 0 fully saturated rings. The summed E-state index contributed by atoms with van der Waals surface area (Å²) in [5.41, 5.74) is 2.74. The van der Waals surface area contributed by atoms with E-state index in [2.05, 4.69) is 37.3 Å². The lowest BCUT2D eigenvalue weighted by Crippen LogP contribution is -1.97. The van der Waals surface area contributed by atoms with E-state index in [0.717, 1.165) is 25.2 Å². The molecule has 0 atom stereocenters. The number of allylic oxidation sites excluding steroid dienone is 1. The molecule has 0 radical (unpaired) electrons. The molecule has 2 rings (SSSR count). The minimum Gasteiger partial charge on any atom is -0.493 e. The second-order valence-electron chi connectivity index (χ2n) is 4.67. The number of hydrogen-bond donors (Lipinski definition) is 0. The third kappa shape index (κ3) is 3.36. The summed E-state index contributed by atoms with van der Waals surface area (Å²) in [6.07, 6.45) is 9.48. The van der Waals surface area contributed by atoms with Crippen LogP contribution in [0.2, 0.25) is 0 Å². The Kier molecular flexibility index (Phi) is 4.66. The van der Waals surface area contributed by atoms with Crippen molar-refractivity contribution >= 4 is 5.76 Å². The zero-order valence-corrected chi connectivity index (χ0v) is 10.7. The predicted molar refractivity (Wildman–Crippen MR) is 72.8 cm³/mol. The quantitative estimate of drug-likeness (QED) is 0.673. The van der Waals surface area contributed by atoms with Gasteiger partial charge in [0.2, 0.25) is 0 Å². The number of aryl methyl sites for hydroxylation is 1. The summed E-state index contributed by atoms with van der Waals surface area (Å²) in [6.45, 7) is 3.08. The number of hydrogen-bond acceptors (Lipinski definition) is 1. The Morgan fingerprint density at radius 1 is 1.18 bits per heavy atom. The second kappa shape index (κ2) is 6.48. The summed E-state index contributed by atoms with van der Waals surface area (Å²) < 4.78 is 5.95. The molecule has 0 saturated carbocycles. The Morgan fingerprint density at radius 2 is 2.06 bits per heavy atom. The Morgan fingerprint density at radius 3 is 2.94 bits per heavy atom. The first-order valence-electron chi connectivity index (χ1n) is 6.83. The molecule has 1 aliphatic carbocycles. The van der Waals surface area contributed by atoms with Gasteiger partial charge in [-0.3, -0.25) is 0 Å². The van der Waals surface area contributed by atoms with E-state index in [4.69, 9.17) is 4.74 Å². The molecule has 1 aromatic rings. The number of unbranched alkanes of at least 4 members (excludes halogenated alkanes) is 2. The van der Waals surface area contributed by atoms with Crippen LogP contribution in [-0.2, 0) is 11.2 Å². The molecule has 0 amide bonds. The second-order valence-corrected chi connectivity index (χ2v) is 4.67. The van der Waals surface area contributed by atoms with Gasteiger partial charge in [0.15, 0.2) is 0 Å². The maximum absolute atomic E-state index is 5.95. The van der Waals surface area contributed by atoms with Gasteiger partial charge in [-0.2, -0.15) is 0 Å². The van der Waals surface area contributed by atoms with Crippen LogP contribution in [0.3, 0.4) is 0 Å². The minimum atomic E-state index is 0.855. The van der Waals surface area contributed by atoms with E-state index in [1.54, 1.807) is 0 Å². The van der Waals surface area contributed by atoms with Crippen molar-refractivity contribution in [3.8, 4) is 0 Å². The van der Waals surface area contributed by atoms with Gasteiger partial charge in [-0.05, 0) is 37.3 Å². The predicted octanol–water partition coefficient (Wildman–Crippen LogP) is 4.57. The molecule has 1 nitrogen and oxygen atoms in total. The van der Waals surface area contributed by atoms with E-state index in [9.17, 15) is 0 Å². The molecule has 1 aliphatic rings. The summed E-state index contributed by atoms with van der Waals surface area (Å²) in [5, 5.41) is 0. The van der Waals surface area contributed by atoms with Crippen LogP contribution in [0.15, 0.2) is 30.3 Å². The van der Waals surface area contributed by atoms with Crippen LogP contribution in [0.25, 0.3) is 5.76 Å². The molecule has 0 aromatic heterocycles. The highest BCUT2D eigenvalue weighted by molar-refractivity contribution is 5.63. The third-order valence-electron chi connectivity index (χ3n) is 3.27. The zero-order valence-electron chi connectivity index (χ0n) is 10.7. The van der Waals surface area contributed by atoms with Crippen LogP contribution < -0.4 is 0 Å². The largest absolute Gasteiger partial charge is 0.493 e. The molecule has 1 heteroatoms. The molecular formula is C16H22O. The van der Waals surface area contributed by atoms with E-state index in [1.807, 2.05) is 0 Å². The van der Waals surface area contributed by atoms with Crippen molar-refractivity contribution in [2.45, 2.75) is 45.4 Å². The Balaban J connectivity index is 2.03. The van der Waals surface area contributed by atoms with E-state index in [0.29, 0.717) is 0 Å². The summed E-state index contributed by atoms with van der Waals surface area (Å²) in [5.74, 6) is 1.11. The molecule has 0 N–H and O–H groups in total. The first-order valence-corrected chi connectivity index (χ1v) is 6.83. The van der Waals surface area contributed by atoms with E-state index < -0.39 is 0 Å². The average Bonchev–Trinajstić information content (AvgIpc) is 2.57. The highest BCUT2D eigenvalue weighted by Gasteiger charge is 2.11. The lowest BCUT2D eigenvalue weighted by Gasteiger charge is -2.12. The molecule has 0 bridgehead atoms. The SMILES string of the molecule is CCCCCOC1=CCCCc2ccccc21. The van der Waals surface area contributed by atoms with Gasteiger partial charge in [-0.15, -0.1) is 0 Å². The van der Waals surface area contributed by atoms with Crippen molar-refractivity contribution in [1.29, 1.82) is 0 Å². The molecule has 0 aliphatic heterocycles. The fourth-order valence-corrected chi connectivity index (χ4v) is 2.29. The normalized spacial score (nSPS) is 14.8. The highest BCUT2D eigenvalue weighted by Crippen LogP contribution is 2.26. The van der Waals surface area contributed by atoms with Gasteiger partial charge < -0.3 is 4.74 Å². The van der Waals surface area contributed by atoms with Crippen LogP contribution in [0.5, 0.6) is 0 Å². The van der Waals surface area contributed by atoms with Gasteiger partial charge in [-0.25, -0.2) is 0 Å². The topological polar surface area (TPSA) is 9.23 Å². The van der Waals surface area contributed by atoms with Crippen LogP contribution >= 0.6 is 0 Å². The standard InChI is InChI=1S/C16H22O/c1-2-3-8-13-17-16-12-7-5-10-14-9-4-6-11-15(14)16/h4,6,9,11-12H,2-3,5,7-8,10,13H2,1H3. The van der Waals surface area contributed by atoms with Gasteiger partial charge in [-0.1, -0.05) is 44.0 Å². The molecule has 0 saturated heterocycles. The molecule has 1 aromatic carbocycles. The van der Waals surface area contributed by atoms with Crippen LogP contribution in [0.4, 0.5) is 0 Å². The van der Waals surface area contributed by atoms with E-state index >= 15 is 0 Å². The van der Waals surface area contributed by atoms with Crippen molar-refractivity contribution in [2.24, 2.45) is 0 Å². The molecule has 0 heterocycles. The number of fused-ring (bicyclic) bond motifs is 1. The first kappa shape index (κ1) is 12.2. The van der Waals surface area contributed by atoms with Crippen LogP contribution in [0, 0.1) is 0 Å². The number of benzene rings is 1. The van der Waals surface area contributed by atoms with Crippen LogP contribution in [0.1, 0.15) is 50.2 Å². The molecular weight excluding hydrogens is 208 g/mol. The minimum absolute atomic E-state index is 0.855. The summed E-state index contributed by atoms with van der Waals surface area (Å²) in [6, 6.07) is 8.64. The fourth-order valence-electron chi connectivity index (χ4n) is 2.29. The molecule has 17 heavy (non-hydrogen) atoms. The summed E-state index contributed by atoms with van der Waals surface area (Å²) >= 11 is 0. The maximum atomic E-state index is 5.95. The Labute approximate surface area is 104 Å². The molecule has 92 valence electrons. The van der Waals surface area contributed by atoms with Gasteiger partial charge in [0.25, 0.3) is 0 Å². The van der Waals surface area contributed by atoms with E-state index in [-0.39, 0.29) is 0 Å². The van der Waals surface area contributed by atoms with Crippen molar-refractivity contribution in [2.75, 3.05) is 6.61 Å². The van der Waals surface area contributed by atoms with Crippen molar-refractivity contribution < 1.29 is 4.74 Å². The van der Waals surface area contributed by atoms with Gasteiger partial charge >= 0.3 is 0 Å². The lowest BCUT2D eigenvalue weighted by molar-refractivity contribution is 0.267. The number of rotatable bonds is 5. The van der Waals surface area contributed by atoms with Crippen molar-refractivity contribution in [3.63, 3.8) is 0 Å². The molecule has 0 unspecified atom stereocenters. The number of ether oxygens (including phenoxy) is 1. The average molecular weight is 230 g/mol. The third-order valence-corrected chi connectivity index (χ3v) is 3.27. The Hall–Kier alpha value is -1.24. The first-order chi connectivity index (χ1) is 8.42. The Bertz CT molecular complexity index is 379. The zero-order chi connectivity index (χ0) is 11.9. The summed E-state index contributed by atoms with van der Waals surface area (Å²) in [4.78, 5) is 0. The van der Waals surface area contributed by atoms with Crippen molar-refractivity contribution in [1.82, 2.24) is 0 Å². The van der Waals surface area contributed by atoms with Crippen molar-refractivity contribution in [3.05, 3.63) is 41.5 Å². The monoisotopic (exact) mass is 230 g/mol. The smallest absolute Gasteiger partial charge is 0.122 e.